The van der Waals surface area contributed by atoms with Crippen LogP contribution in [-0.2, 0) is 9.59 Å². The number of ether oxygens (including phenoxy) is 2. The number of anilines is 1. The van der Waals surface area contributed by atoms with Crippen LogP contribution in [0.3, 0.4) is 0 Å². The molecule has 0 fully saturated rings. The van der Waals surface area contributed by atoms with Crippen LogP contribution in [0.25, 0.3) is 0 Å². The topological polar surface area (TPSA) is 89.0 Å². The van der Waals surface area contributed by atoms with Crippen molar-refractivity contribution in [3.05, 3.63) is 51.5 Å². The first-order valence-electron chi connectivity index (χ1n) is 8.22. The molecule has 0 saturated heterocycles. The third-order valence-corrected chi connectivity index (χ3v) is 4.64. The van der Waals surface area contributed by atoms with Crippen LogP contribution in [0.1, 0.15) is 18.4 Å². The maximum atomic E-state index is 11.9. The SMILES string of the molecule is COc1cc(Br)c(C=NNC(=O)CCC(=O)Nc2ccccc2Cl)cc1OC. The largest absolute Gasteiger partial charge is 0.493 e. The molecule has 0 saturated carbocycles. The Bertz CT molecular complexity index is 889. The number of nitrogens with one attached hydrogen (secondary N) is 2. The number of amides is 2. The highest BCUT2D eigenvalue weighted by Gasteiger charge is 2.10. The second-order valence-corrected chi connectivity index (χ2v) is 6.81. The maximum Gasteiger partial charge on any atom is 0.240 e. The summed E-state index contributed by atoms with van der Waals surface area (Å²) in [5.41, 5.74) is 3.58. The van der Waals surface area contributed by atoms with Crippen molar-refractivity contribution in [1.82, 2.24) is 5.43 Å². The zero-order valence-electron chi connectivity index (χ0n) is 15.3. The van der Waals surface area contributed by atoms with E-state index in [1.54, 1.807) is 43.5 Å². The molecule has 0 unspecified atom stereocenters. The Morgan fingerprint density at radius 3 is 2.43 bits per heavy atom. The lowest BCUT2D eigenvalue weighted by Gasteiger charge is -2.09. The van der Waals surface area contributed by atoms with Gasteiger partial charge in [-0.15, -0.1) is 0 Å². The molecule has 0 aliphatic heterocycles. The number of hydrogen-bond donors (Lipinski definition) is 2. The minimum atomic E-state index is -0.387. The van der Waals surface area contributed by atoms with E-state index in [-0.39, 0.29) is 24.7 Å². The molecule has 2 amide bonds. The van der Waals surface area contributed by atoms with Crippen LogP contribution in [0.5, 0.6) is 11.5 Å². The second kappa shape index (κ2) is 10.7. The molecular formula is C19H19BrClN3O4. The Kier molecular flexibility index (Phi) is 8.28. The van der Waals surface area contributed by atoms with Crippen LogP contribution in [-0.4, -0.2) is 32.2 Å². The Morgan fingerprint density at radius 2 is 1.75 bits per heavy atom. The van der Waals surface area contributed by atoms with Gasteiger partial charge in [0.25, 0.3) is 0 Å². The summed E-state index contributed by atoms with van der Waals surface area (Å²) >= 11 is 9.38. The fraction of sp³-hybridized carbons (Fsp3) is 0.211. The lowest BCUT2D eigenvalue weighted by Crippen LogP contribution is -2.20. The summed E-state index contributed by atoms with van der Waals surface area (Å²) in [7, 11) is 3.07. The van der Waals surface area contributed by atoms with Crippen molar-refractivity contribution in [3.8, 4) is 11.5 Å². The first kappa shape index (κ1) is 21.7. The van der Waals surface area contributed by atoms with Crippen LogP contribution >= 0.6 is 27.5 Å². The molecule has 0 radical (unpaired) electrons. The number of hydrazone groups is 1. The fourth-order valence-electron chi connectivity index (χ4n) is 2.20. The summed E-state index contributed by atoms with van der Waals surface area (Å²) in [5, 5.41) is 7.00. The average Bonchev–Trinajstić information content (AvgIpc) is 2.69. The summed E-state index contributed by atoms with van der Waals surface area (Å²) in [5.74, 6) is 0.409. The summed E-state index contributed by atoms with van der Waals surface area (Å²) in [6.07, 6.45) is 1.46. The van der Waals surface area contributed by atoms with E-state index in [0.717, 1.165) is 4.47 Å². The highest BCUT2D eigenvalue weighted by molar-refractivity contribution is 9.10. The number of nitrogens with zero attached hydrogens (tertiary/aromatic N) is 1. The molecule has 0 bridgehead atoms. The second-order valence-electron chi connectivity index (χ2n) is 5.55. The van der Waals surface area contributed by atoms with Gasteiger partial charge < -0.3 is 14.8 Å². The molecule has 0 aliphatic carbocycles. The molecule has 2 N–H and O–H groups in total. The number of hydrogen-bond acceptors (Lipinski definition) is 5. The molecular weight excluding hydrogens is 450 g/mol. The van der Waals surface area contributed by atoms with Gasteiger partial charge in [0.05, 0.1) is 31.1 Å². The number of rotatable bonds is 8. The van der Waals surface area contributed by atoms with E-state index in [0.29, 0.717) is 27.8 Å². The lowest BCUT2D eigenvalue weighted by molar-refractivity contribution is -0.124. The van der Waals surface area contributed by atoms with E-state index in [2.05, 4.69) is 31.8 Å². The van der Waals surface area contributed by atoms with E-state index in [1.165, 1.54) is 13.3 Å². The average molecular weight is 469 g/mol. The maximum absolute atomic E-state index is 11.9. The molecule has 0 heterocycles. The summed E-state index contributed by atoms with van der Waals surface area (Å²) in [4.78, 5) is 23.8. The van der Waals surface area contributed by atoms with Gasteiger partial charge in [-0.1, -0.05) is 23.7 Å². The third kappa shape index (κ3) is 6.24. The molecule has 9 heteroatoms. The minimum absolute atomic E-state index is 0.00658. The van der Waals surface area contributed by atoms with Crippen molar-refractivity contribution in [1.29, 1.82) is 0 Å². The summed E-state index contributed by atoms with van der Waals surface area (Å²) < 4.78 is 11.2. The van der Waals surface area contributed by atoms with Crippen molar-refractivity contribution in [2.45, 2.75) is 12.8 Å². The lowest BCUT2D eigenvalue weighted by atomic mass is 10.2. The van der Waals surface area contributed by atoms with Crippen molar-refractivity contribution in [2.75, 3.05) is 19.5 Å². The van der Waals surface area contributed by atoms with Crippen LogP contribution in [0.2, 0.25) is 5.02 Å². The van der Waals surface area contributed by atoms with Gasteiger partial charge >= 0.3 is 0 Å². The molecule has 28 heavy (non-hydrogen) atoms. The fourth-order valence-corrected chi connectivity index (χ4v) is 2.81. The van der Waals surface area contributed by atoms with E-state index in [1.807, 2.05) is 0 Å². The van der Waals surface area contributed by atoms with Gasteiger partial charge in [-0.25, -0.2) is 5.43 Å². The number of para-hydroxylation sites is 1. The summed E-state index contributed by atoms with van der Waals surface area (Å²) in [6.45, 7) is 0. The predicted molar refractivity (Wildman–Crippen MR) is 112 cm³/mol. The number of halogens is 2. The Hall–Kier alpha value is -2.58. The number of carbonyl (C=O) groups is 2. The highest BCUT2D eigenvalue weighted by atomic mass is 79.9. The van der Waals surface area contributed by atoms with Crippen molar-refractivity contribution in [3.63, 3.8) is 0 Å². The Balaban J connectivity index is 1.85. The van der Waals surface area contributed by atoms with Gasteiger partial charge in [0.2, 0.25) is 11.8 Å². The van der Waals surface area contributed by atoms with Gasteiger partial charge in [0.1, 0.15) is 0 Å². The van der Waals surface area contributed by atoms with Crippen molar-refractivity contribution in [2.24, 2.45) is 5.10 Å². The Labute approximate surface area is 176 Å². The van der Waals surface area contributed by atoms with Crippen LogP contribution < -0.4 is 20.2 Å². The highest BCUT2D eigenvalue weighted by Crippen LogP contribution is 2.32. The van der Waals surface area contributed by atoms with E-state index >= 15 is 0 Å². The van der Waals surface area contributed by atoms with E-state index < -0.39 is 0 Å². The number of benzene rings is 2. The molecule has 148 valence electrons. The van der Waals surface area contributed by atoms with Crippen LogP contribution in [0.4, 0.5) is 5.69 Å². The van der Waals surface area contributed by atoms with E-state index in [9.17, 15) is 9.59 Å². The smallest absolute Gasteiger partial charge is 0.240 e. The monoisotopic (exact) mass is 467 g/mol. The summed E-state index contributed by atoms with van der Waals surface area (Å²) in [6, 6.07) is 10.3. The number of carbonyl (C=O) groups excluding carboxylic acids is 2. The van der Waals surface area contributed by atoms with Gasteiger partial charge in [-0.2, -0.15) is 5.10 Å². The molecule has 0 aliphatic rings. The molecule has 2 aromatic carbocycles. The van der Waals surface area contributed by atoms with Gasteiger partial charge in [0, 0.05) is 22.9 Å². The zero-order valence-corrected chi connectivity index (χ0v) is 17.6. The molecule has 2 rings (SSSR count). The van der Waals surface area contributed by atoms with E-state index in [4.69, 9.17) is 21.1 Å². The third-order valence-electron chi connectivity index (χ3n) is 3.62. The van der Waals surface area contributed by atoms with Crippen LogP contribution in [0.15, 0.2) is 46.0 Å². The van der Waals surface area contributed by atoms with Gasteiger partial charge in [-0.3, -0.25) is 9.59 Å². The first-order valence-corrected chi connectivity index (χ1v) is 9.39. The van der Waals surface area contributed by atoms with Gasteiger partial charge in [-0.05, 0) is 40.2 Å². The predicted octanol–water partition coefficient (Wildman–Crippen LogP) is 3.99. The molecule has 0 aromatic heterocycles. The molecule has 7 nitrogen and oxygen atoms in total. The number of methoxy groups -OCH3 is 2. The molecule has 0 atom stereocenters. The quantitative estimate of drug-likeness (QED) is 0.453. The normalized spacial score (nSPS) is 10.6. The van der Waals surface area contributed by atoms with Gasteiger partial charge in [0.15, 0.2) is 11.5 Å². The standard InChI is InChI=1S/C19H19BrClN3O4/c1-27-16-9-12(13(20)10-17(16)28-2)11-22-24-19(26)8-7-18(25)23-15-6-4-3-5-14(15)21/h3-6,9-11H,7-8H2,1-2H3,(H,23,25)(H,24,26). The minimum Gasteiger partial charge on any atom is -0.493 e. The van der Waals surface area contributed by atoms with Crippen molar-refractivity contribution >= 4 is 51.2 Å². The molecule has 0 spiro atoms. The van der Waals surface area contributed by atoms with Crippen molar-refractivity contribution < 1.29 is 19.1 Å². The van der Waals surface area contributed by atoms with Crippen LogP contribution in [0, 0.1) is 0 Å². The zero-order chi connectivity index (χ0) is 20.5. The first-order chi connectivity index (χ1) is 13.4. The molecule has 2 aromatic rings. The Morgan fingerprint density at radius 1 is 1.11 bits per heavy atom.